The minimum atomic E-state index is 0. The SMILES string of the molecule is CN=C(NCc1ccnc(N2CCOC(C)C2)c1)N(C)Cc1cn(C)nc1C(C)C.I. The predicted octanol–water partition coefficient (Wildman–Crippen LogP) is 2.99. The Balaban J connectivity index is 0.00000341. The molecule has 1 unspecified atom stereocenters. The van der Waals surface area contributed by atoms with Crippen molar-refractivity contribution < 1.29 is 4.74 Å². The normalized spacial score (nSPS) is 16.9. The number of guanidine groups is 1. The van der Waals surface area contributed by atoms with E-state index in [4.69, 9.17) is 4.74 Å². The summed E-state index contributed by atoms with van der Waals surface area (Å²) in [4.78, 5) is 13.4. The Kier molecular flexibility index (Phi) is 9.54. The van der Waals surface area contributed by atoms with E-state index in [9.17, 15) is 0 Å². The van der Waals surface area contributed by atoms with E-state index in [1.165, 1.54) is 11.1 Å². The van der Waals surface area contributed by atoms with Crippen LogP contribution in [0.4, 0.5) is 5.82 Å². The molecule has 3 heterocycles. The first-order chi connectivity index (χ1) is 14.4. The number of hydrogen-bond donors (Lipinski definition) is 1. The number of aromatic nitrogens is 3. The molecule has 8 nitrogen and oxygen atoms in total. The Morgan fingerprint density at radius 2 is 2.19 bits per heavy atom. The molecule has 31 heavy (non-hydrogen) atoms. The van der Waals surface area contributed by atoms with Crippen molar-refractivity contribution in [2.45, 2.75) is 45.9 Å². The van der Waals surface area contributed by atoms with Gasteiger partial charge in [0.15, 0.2) is 5.96 Å². The van der Waals surface area contributed by atoms with Crippen molar-refractivity contribution in [1.82, 2.24) is 25.0 Å². The van der Waals surface area contributed by atoms with E-state index in [0.717, 1.165) is 43.7 Å². The third kappa shape index (κ3) is 6.80. The zero-order valence-corrected chi connectivity index (χ0v) is 21.8. The van der Waals surface area contributed by atoms with Crippen molar-refractivity contribution >= 4 is 35.8 Å². The van der Waals surface area contributed by atoms with Gasteiger partial charge in [0.05, 0.1) is 18.4 Å². The maximum atomic E-state index is 5.64. The maximum absolute atomic E-state index is 5.64. The molecule has 0 radical (unpaired) electrons. The second-order valence-corrected chi connectivity index (χ2v) is 8.27. The summed E-state index contributed by atoms with van der Waals surface area (Å²) in [5.41, 5.74) is 3.54. The standard InChI is InChI=1S/C22H35N7O.HI/c1-16(2)21-19(15-28(6)26-21)14-27(5)22(23-4)25-12-18-7-8-24-20(11-18)29-9-10-30-17(3)13-29;/h7-8,11,15-17H,9-10,12-14H2,1-6H3,(H,23,25);1H. The van der Waals surface area contributed by atoms with E-state index < -0.39 is 0 Å². The van der Waals surface area contributed by atoms with E-state index >= 15 is 0 Å². The molecule has 1 aliphatic heterocycles. The van der Waals surface area contributed by atoms with Crippen LogP contribution in [0.5, 0.6) is 0 Å². The number of anilines is 1. The summed E-state index contributed by atoms with van der Waals surface area (Å²) in [6.45, 7) is 10.4. The Labute approximate surface area is 203 Å². The first kappa shape index (κ1) is 25.4. The monoisotopic (exact) mass is 541 g/mol. The molecule has 1 atom stereocenters. The predicted molar refractivity (Wildman–Crippen MR) is 136 cm³/mol. The van der Waals surface area contributed by atoms with Crippen molar-refractivity contribution in [3.05, 3.63) is 41.3 Å². The van der Waals surface area contributed by atoms with Crippen LogP contribution >= 0.6 is 24.0 Å². The van der Waals surface area contributed by atoms with Crippen LogP contribution in [0.3, 0.4) is 0 Å². The lowest BCUT2D eigenvalue weighted by molar-refractivity contribution is 0.0529. The topological polar surface area (TPSA) is 70.8 Å². The number of morpholine rings is 1. The summed E-state index contributed by atoms with van der Waals surface area (Å²) >= 11 is 0. The molecule has 1 fully saturated rings. The zero-order chi connectivity index (χ0) is 21.7. The molecule has 9 heteroatoms. The number of rotatable bonds is 6. The largest absolute Gasteiger partial charge is 0.375 e. The molecule has 0 aliphatic carbocycles. The van der Waals surface area contributed by atoms with Gasteiger partial charge >= 0.3 is 0 Å². The fourth-order valence-electron chi connectivity index (χ4n) is 3.83. The number of aryl methyl sites for hydroxylation is 1. The van der Waals surface area contributed by atoms with Gasteiger partial charge in [-0.2, -0.15) is 5.10 Å². The first-order valence-electron chi connectivity index (χ1n) is 10.6. The van der Waals surface area contributed by atoms with Crippen molar-refractivity contribution in [1.29, 1.82) is 0 Å². The van der Waals surface area contributed by atoms with E-state index in [-0.39, 0.29) is 30.1 Å². The molecule has 2 aromatic rings. The van der Waals surface area contributed by atoms with Crippen molar-refractivity contribution in [3.63, 3.8) is 0 Å². The summed E-state index contributed by atoms with van der Waals surface area (Å²) < 4.78 is 7.53. The molecule has 1 saturated heterocycles. The van der Waals surface area contributed by atoms with Crippen LogP contribution in [0.1, 0.15) is 43.5 Å². The molecule has 0 saturated carbocycles. The number of nitrogens with one attached hydrogen (secondary N) is 1. The van der Waals surface area contributed by atoms with Gasteiger partial charge in [-0.05, 0) is 30.5 Å². The number of hydrogen-bond acceptors (Lipinski definition) is 5. The fourth-order valence-corrected chi connectivity index (χ4v) is 3.83. The van der Waals surface area contributed by atoms with E-state index in [0.29, 0.717) is 12.5 Å². The summed E-state index contributed by atoms with van der Waals surface area (Å²) in [6.07, 6.45) is 4.21. The van der Waals surface area contributed by atoms with Gasteiger partial charge in [-0.1, -0.05) is 13.8 Å². The Morgan fingerprint density at radius 3 is 2.87 bits per heavy atom. The Bertz CT molecular complexity index is 867. The summed E-state index contributed by atoms with van der Waals surface area (Å²) in [5, 5.41) is 8.09. The van der Waals surface area contributed by atoms with Gasteiger partial charge in [-0.15, -0.1) is 24.0 Å². The van der Waals surface area contributed by atoms with Crippen molar-refractivity contribution in [3.8, 4) is 0 Å². The van der Waals surface area contributed by atoms with Gasteiger partial charge in [0.25, 0.3) is 0 Å². The molecule has 1 N–H and O–H groups in total. The number of pyridine rings is 1. The lowest BCUT2D eigenvalue weighted by Gasteiger charge is -2.32. The van der Waals surface area contributed by atoms with Crippen LogP contribution in [-0.4, -0.2) is 65.5 Å². The highest BCUT2D eigenvalue weighted by Crippen LogP contribution is 2.19. The lowest BCUT2D eigenvalue weighted by atomic mass is 10.1. The zero-order valence-electron chi connectivity index (χ0n) is 19.5. The number of halogens is 1. The van der Waals surface area contributed by atoms with Gasteiger partial charge in [0.2, 0.25) is 0 Å². The first-order valence-corrected chi connectivity index (χ1v) is 10.6. The third-order valence-corrected chi connectivity index (χ3v) is 5.29. The van der Waals surface area contributed by atoms with Crippen LogP contribution in [0.2, 0.25) is 0 Å². The van der Waals surface area contributed by atoms with E-state index in [2.05, 4.69) is 70.3 Å². The van der Waals surface area contributed by atoms with Crippen molar-refractivity contribution in [2.24, 2.45) is 12.0 Å². The fraction of sp³-hybridized carbons (Fsp3) is 0.591. The number of aliphatic imine (C=N–C) groups is 1. The Morgan fingerprint density at radius 1 is 1.42 bits per heavy atom. The highest BCUT2D eigenvalue weighted by molar-refractivity contribution is 14.0. The second kappa shape index (κ2) is 11.7. The van der Waals surface area contributed by atoms with Crippen LogP contribution in [0.15, 0.2) is 29.5 Å². The van der Waals surface area contributed by atoms with Crippen LogP contribution in [0, 0.1) is 0 Å². The molecule has 1 aliphatic rings. The Hall–Kier alpha value is -1.88. The second-order valence-electron chi connectivity index (χ2n) is 8.27. The highest BCUT2D eigenvalue weighted by Gasteiger charge is 2.18. The molecule has 2 aromatic heterocycles. The smallest absolute Gasteiger partial charge is 0.193 e. The van der Waals surface area contributed by atoms with Crippen LogP contribution < -0.4 is 10.2 Å². The average Bonchev–Trinajstić information content (AvgIpc) is 3.09. The maximum Gasteiger partial charge on any atom is 0.193 e. The number of nitrogens with zero attached hydrogens (tertiary/aromatic N) is 6. The molecule has 0 amide bonds. The minimum absolute atomic E-state index is 0. The molecule has 3 rings (SSSR count). The molecule has 172 valence electrons. The van der Waals surface area contributed by atoms with Gasteiger partial charge in [0.1, 0.15) is 5.82 Å². The quantitative estimate of drug-likeness (QED) is 0.345. The molecular formula is C22H36IN7O. The summed E-state index contributed by atoms with van der Waals surface area (Å²) in [7, 11) is 5.84. The third-order valence-electron chi connectivity index (χ3n) is 5.29. The minimum Gasteiger partial charge on any atom is -0.375 e. The van der Waals surface area contributed by atoms with E-state index in [1.54, 1.807) is 0 Å². The van der Waals surface area contributed by atoms with Gasteiger partial charge in [-0.25, -0.2) is 4.98 Å². The highest BCUT2D eigenvalue weighted by atomic mass is 127. The average molecular weight is 541 g/mol. The van der Waals surface area contributed by atoms with Crippen molar-refractivity contribution in [2.75, 3.05) is 38.7 Å². The van der Waals surface area contributed by atoms with Gasteiger partial charge in [-0.3, -0.25) is 9.67 Å². The molecule has 0 spiro atoms. The molecular weight excluding hydrogens is 505 g/mol. The van der Waals surface area contributed by atoms with Crippen LogP contribution in [0.25, 0.3) is 0 Å². The molecule has 0 aromatic carbocycles. The number of ether oxygens (including phenoxy) is 1. The van der Waals surface area contributed by atoms with Gasteiger partial charge in [0, 0.05) is 65.3 Å². The summed E-state index contributed by atoms with van der Waals surface area (Å²) in [5.74, 6) is 2.25. The summed E-state index contributed by atoms with van der Waals surface area (Å²) in [6, 6.07) is 4.20. The van der Waals surface area contributed by atoms with E-state index in [1.807, 2.05) is 31.0 Å². The van der Waals surface area contributed by atoms with Gasteiger partial charge < -0.3 is 19.9 Å². The van der Waals surface area contributed by atoms with Crippen LogP contribution in [-0.2, 0) is 24.9 Å². The lowest BCUT2D eigenvalue weighted by Crippen LogP contribution is -2.41. The molecule has 0 bridgehead atoms.